The van der Waals surface area contributed by atoms with Crippen molar-refractivity contribution >= 4 is 13.7 Å². The van der Waals surface area contributed by atoms with Crippen LogP contribution in [0.2, 0.25) is 0 Å². The van der Waals surface area contributed by atoms with Crippen molar-refractivity contribution in [3.63, 3.8) is 0 Å². The maximum Gasteiger partial charge on any atom is 0.371 e. The van der Waals surface area contributed by atoms with E-state index in [1.807, 2.05) is 6.07 Å². The maximum atomic E-state index is 12.5. The molecule has 20 heavy (non-hydrogen) atoms. The topological polar surface area (TPSA) is 68.5 Å². The first-order valence-corrected chi connectivity index (χ1v) is 7.79. The second-order valence-electron chi connectivity index (χ2n) is 3.75. The van der Waals surface area contributed by atoms with E-state index in [0.29, 0.717) is 11.3 Å². The number of ether oxygens (including phenoxy) is 1. The molecular weight excluding hydrogens is 277 g/mol. The van der Waals surface area contributed by atoms with E-state index < -0.39 is 7.60 Å². The first-order chi connectivity index (χ1) is 9.59. The van der Waals surface area contributed by atoms with E-state index in [1.165, 1.54) is 6.08 Å². The summed E-state index contributed by atoms with van der Waals surface area (Å²) in [4.78, 5) is 0. The Morgan fingerprint density at radius 1 is 1.35 bits per heavy atom. The molecule has 0 heterocycles. The molecule has 1 aromatic rings. The van der Waals surface area contributed by atoms with Crippen LogP contribution in [0.25, 0.3) is 6.08 Å². The second-order valence-corrected chi connectivity index (χ2v) is 5.74. The van der Waals surface area contributed by atoms with E-state index in [0.717, 1.165) is 0 Å². The van der Waals surface area contributed by atoms with Crippen molar-refractivity contribution in [2.24, 2.45) is 0 Å². The highest BCUT2D eigenvalue weighted by atomic mass is 31.2. The molecule has 0 spiro atoms. The lowest BCUT2D eigenvalue weighted by molar-refractivity contribution is 0.227. The highest BCUT2D eigenvalue weighted by molar-refractivity contribution is 7.59. The Kier molecular flexibility index (Phi) is 6.47. The molecule has 0 fully saturated rings. The lowest BCUT2D eigenvalue weighted by Gasteiger charge is -2.15. The molecule has 0 atom stereocenters. The monoisotopic (exact) mass is 295 g/mol. The van der Waals surface area contributed by atoms with Crippen molar-refractivity contribution in [1.82, 2.24) is 0 Å². The number of benzene rings is 1. The molecule has 0 N–H and O–H groups in total. The number of allylic oxidation sites excluding steroid dienone is 1. The van der Waals surface area contributed by atoms with Crippen molar-refractivity contribution in [2.75, 3.05) is 20.3 Å². The Morgan fingerprint density at radius 2 is 2.00 bits per heavy atom. The average Bonchev–Trinajstić information content (AvgIpc) is 2.45. The fraction of sp³-hybridized carbons (Fsp3) is 0.357. The van der Waals surface area contributed by atoms with Gasteiger partial charge in [0.05, 0.1) is 20.3 Å². The van der Waals surface area contributed by atoms with Crippen LogP contribution < -0.4 is 4.74 Å². The molecule has 0 aromatic heterocycles. The van der Waals surface area contributed by atoms with Gasteiger partial charge in [0.2, 0.25) is 0 Å². The molecule has 108 valence electrons. The molecule has 6 heteroatoms. The second kappa shape index (κ2) is 7.86. The minimum absolute atomic E-state index is 0.0190. The summed E-state index contributed by atoms with van der Waals surface area (Å²) in [5, 5.41) is 9.20. The third-order valence-electron chi connectivity index (χ3n) is 2.40. The molecule has 0 bridgehead atoms. The van der Waals surface area contributed by atoms with Gasteiger partial charge >= 0.3 is 7.60 Å². The lowest BCUT2D eigenvalue weighted by Crippen LogP contribution is -1.97. The predicted octanol–water partition coefficient (Wildman–Crippen LogP) is 3.83. The van der Waals surface area contributed by atoms with Crippen LogP contribution in [0.1, 0.15) is 19.4 Å². The van der Waals surface area contributed by atoms with Crippen LogP contribution in [-0.4, -0.2) is 20.3 Å². The molecule has 1 rings (SSSR count). The van der Waals surface area contributed by atoms with Crippen LogP contribution >= 0.6 is 7.60 Å². The van der Waals surface area contributed by atoms with Crippen LogP contribution in [-0.2, 0) is 13.6 Å². The first kappa shape index (κ1) is 16.5. The van der Waals surface area contributed by atoms with Crippen LogP contribution in [0.4, 0.5) is 0 Å². The summed E-state index contributed by atoms with van der Waals surface area (Å²) in [6, 6.07) is 8.99. The van der Waals surface area contributed by atoms with Gasteiger partial charge < -0.3 is 13.8 Å². The van der Waals surface area contributed by atoms with E-state index >= 15 is 0 Å². The SMILES string of the molecule is CCOP(=O)(OCC)C(C#N)=Cc1cccc(OC)c1. The van der Waals surface area contributed by atoms with Gasteiger partial charge in [0.25, 0.3) is 0 Å². The van der Waals surface area contributed by atoms with Gasteiger partial charge in [-0.05, 0) is 37.6 Å². The summed E-state index contributed by atoms with van der Waals surface area (Å²) in [7, 11) is -2.00. The third-order valence-corrected chi connectivity index (χ3v) is 4.42. The van der Waals surface area contributed by atoms with Gasteiger partial charge in [-0.15, -0.1) is 0 Å². The van der Waals surface area contributed by atoms with Crippen molar-refractivity contribution in [3.8, 4) is 11.8 Å². The fourth-order valence-electron chi connectivity index (χ4n) is 1.58. The van der Waals surface area contributed by atoms with E-state index in [1.54, 1.807) is 45.2 Å². The highest BCUT2D eigenvalue weighted by Gasteiger charge is 2.29. The Balaban J connectivity index is 3.18. The molecule has 5 nitrogen and oxygen atoms in total. The minimum atomic E-state index is -3.56. The average molecular weight is 295 g/mol. The van der Waals surface area contributed by atoms with Gasteiger partial charge in [-0.2, -0.15) is 5.26 Å². The van der Waals surface area contributed by atoms with Crippen LogP contribution in [0, 0.1) is 11.3 Å². The summed E-state index contributed by atoms with van der Waals surface area (Å²) < 4.78 is 28.0. The van der Waals surface area contributed by atoms with Crippen LogP contribution in [0.3, 0.4) is 0 Å². The predicted molar refractivity (Wildman–Crippen MR) is 77.4 cm³/mol. The summed E-state index contributed by atoms with van der Waals surface area (Å²) in [5.41, 5.74) is 0.695. The van der Waals surface area contributed by atoms with Crippen LogP contribution in [0.15, 0.2) is 29.6 Å². The summed E-state index contributed by atoms with van der Waals surface area (Å²) >= 11 is 0. The summed E-state index contributed by atoms with van der Waals surface area (Å²) in [5.74, 6) is 0.652. The van der Waals surface area contributed by atoms with Gasteiger partial charge in [-0.3, -0.25) is 4.57 Å². The fourth-order valence-corrected chi connectivity index (χ4v) is 3.04. The number of rotatable bonds is 7. The van der Waals surface area contributed by atoms with Crippen molar-refractivity contribution in [3.05, 3.63) is 35.1 Å². The number of nitrogens with zero attached hydrogens (tertiary/aromatic N) is 1. The Bertz CT molecular complexity index is 553. The number of hydrogen-bond acceptors (Lipinski definition) is 5. The smallest absolute Gasteiger partial charge is 0.371 e. The standard InChI is InChI=1S/C14H18NO4P/c1-4-18-20(16,19-5-2)14(11-15)10-12-7-6-8-13(9-12)17-3/h6-10H,4-5H2,1-3H3. The Hall–Kier alpha value is -1.60. The van der Waals surface area contributed by atoms with Gasteiger partial charge in [0, 0.05) is 0 Å². The van der Waals surface area contributed by atoms with E-state index in [4.69, 9.17) is 13.8 Å². The van der Waals surface area contributed by atoms with Crippen molar-refractivity contribution in [1.29, 1.82) is 5.26 Å². The van der Waals surface area contributed by atoms with E-state index in [2.05, 4.69) is 0 Å². The summed E-state index contributed by atoms with van der Waals surface area (Å²) in [6.07, 6.45) is 1.49. The number of methoxy groups -OCH3 is 1. The van der Waals surface area contributed by atoms with Gasteiger partial charge in [-0.1, -0.05) is 12.1 Å². The van der Waals surface area contributed by atoms with Crippen molar-refractivity contribution < 1.29 is 18.3 Å². The maximum absolute atomic E-state index is 12.5. The molecule has 0 saturated carbocycles. The van der Waals surface area contributed by atoms with Gasteiger partial charge in [-0.25, -0.2) is 0 Å². The normalized spacial score (nSPS) is 12.0. The summed E-state index contributed by atoms with van der Waals surface area (Å²) in [6.45, 7) is 3.81. The molecule has 1 aromatic carbocycles. The number of nitriles is 1. The molecule has 0 amide bonds. The molecule has 0 aliphatic rings. The van der Waals surface area contributed by atoms with Crippen molar-refractivity contribution in [2.45, 2.75) is 13.8 Å². The zero-order chi connectivity index (χ0) is 15.0. The van der Waals surface area contributed by atoms with Crippen LogP contribution in [0.5, 0.6) is 5.75 Å². The minimum Gasteiger partial charge on any atom is -0.497 e. The Labute approximate surface area is 119 Å². The zero-order valence-electron chi connectivity index (χ0n) is 11.8. The molecule has 0 aliphatic heterocycles. The zero-order valence-corrected chi connectivity index (χ0v) is 12.7. The Morgan fingerprint density at radius 3 is 2.50 bits per heavy atom. The lowest BCUT2D eigenvalue weighted by atomic mass is 10.2. The molecule has 0 aliphatic carbocycles. The molecule has 0 saturated heterocycles. The largest absolute Gasteiger partial charge is 0.497 e. The molecule has 0 radical (unpaired) electrons. The molecule has 0 unspecified atom stereocenters. The molecular formula is C14H18NO4P. The highest BCUT2D eigenvalue weighted by Crippen LogP contribution is 2.56. The first-order valence-electron chi connectivity index (χ1n) is 6.25. The van der Waals surface area contributed by atoms with E-state index in [-0.39, 0.29) is 18.5 Å². The van der Waals surface area contributed by atoms with Gasteiger partial charge in [0.15, 0.2) is 0 Å². The third kappa shape index (κ3) is 4.21. The van der Waals surface area contributed by atoms with Gasteiger partial charge in [0.1, 0.15) is 17.1 Å². The quantitative estimate of drug-likeness (QED) is 0.565. The van der Waals surface area contributed by atoms with E-state index in [9.17, 15) is 9.83 Å². The number of hydrogen-bond donors (Lipinski definition) is 0.